The van der Waals surface area contributed by atoms with Crippen LogP contribution in [0, 0.1) is 0 Å². The van der Waals surface area contributed by atoms with Crippen molar-refractivity contribution in [1.82, 2.24) is 0 Å². The van der Waals surface area contributed by atoms with Gasteiger partial charge in [-0.05, 0) is 31.5 Å². The highest BCUT2D eigenvalue weighted by Gasteiger charge is 2.18. The molecule has 1 atom stereocenters. The van der Waals surface area contributed by atoms with Gasteiger partial charge in [0, 0.05) is 4.47 Å². The summed E-state index contributed by atoms with van der Waals surface area (Å²) < 4.78 is 5.89. The van der Waals surface area contributed by atoms with Crippen LogP contribution in [0.2, 0.25) is 5.02 Å². The second-order valence-corrected chi connectivity index (χ2v) is 4.80. The molecule has 0 bridgehead atoms. The van der Waals surface area contributed by atoms with Gasteiger partial charge in [-0.1, -0.05) is 34.5 Å². The number of rotatable bonds is 5. The number of benzene rings is 1. The van der Waals surface area contributed by atoms with Gasteiger partial charge < -0.3 is 10.1 Å². The van der Waals surface area contributed by atoms with Crippen molar-refractivity contribution in [3.63, 3.8) is 0 Å². The van der Waals surface area contributed by atoms with Crippen molar-refractivity contribution in [2.75, 3.05) is 11.9 Å². The standard InChI is InChI=1S/C12H15BrClNO2/c1-3-10(12(16)17-4-2)15-11-7-8(13)5-6-9(11)14/h5-7,10,15H,3-4H2,1-2H3. The first-order chi connectivity index (χ1) is 8.08. The lowest BCUT2D eigenvalue weighted by Gasteiger charge is -2.17. The lowest BCUT2D eigenvalue weighted by atomic mass is 10.2. The molecule has 1 aromatic rings. The summed E-state index contributed by atoms with van der Waals surface area (Å²) in [6.07, 6.45) is 0.641. The third-order valence-electron chi connectivity index (χ3n) is 2.24. The summed E-state index contributed by atoms with van der Waals surface area (Å²) in [5.74, 6) is -0.258. The summed E-state index contributed by atoms with van der Waals surface area (Å²) in [5.41, 5.74) is 0.723. The van der Waals surface area contributed by atoms with Crippen LogP contribution in [0.5, 0.6) is 0 Å². The predicted octanol–water partition coefficient (Wildman–Crippen LogP) is 3.86. The maximum absolute atomic E-state index is 11.6. The normalized spacial score (nSPS) is 12.0. The maximum atomic E-state index is 11.6. The number of hydrogen-bond acceptors (Lipinski definition) is 3. The lowest BCUT2D eigenvalue weighted by molar-refractivity contribution is -0.144. The smallest absolute Gasteiger partial charge is 0.328 e. The van der Waals surface area contributed by atoms with E-state index in [0.717, 1.165) is 10.2 Å². The Hall–Kier alpha value is -0.740. The summed E-state index contributed by atoms with van der Waals surface area (Å²) >= 11 is 9.40. The van der Waals surface area contributed by atoms with Crippen LogP contribution in [0.25, 0.3) is 0 Å². The molecule has 0 radical (unpaired) electrons. The molecular weight excluding hydrogens is 305 g/mol. The van der Waals surface area contributed by atoms with Gasteiger partial charge >= 0.3 is 5.97 Å². The molecule has 1 N–H and O–H groups in total. The van der Waals surface area contributed by atoms with Crippen LogP contribution in [-0.4, -0.2) is 18.6 Å². The zero-order chi connectivity index (χ0) is 12.8. The Bertz CT molecular complexity index is 398. The molecule has 0 amide bonds. The quantitative estimate of drug-likeness (QED) is 0.837. The Kier molecular flexibility index (Phi) is 5.78. The molecule has 0 aliphatic rings. The third kappa shape index (κ3) is 4.21. The maximum Gasteiger partial charge on any atom is 0.328 e. The summed E-state index contributed by atoms with van der Waals surface area (Å²) in [7, 11) is 0. The molecule has 0 fully saturated rings. The van der Waals surface area contributed by atoms with Crippen molar-refractivity contribution in [2.24, 2.45) is 0 Å². The fourth-order valence-electron chi connectivity index (χ4n) is 1.37. The summed E-state index contributed by atoms with van der Waals surface area (Å²) in [4.78, 5) is 11.6. The topological polar surface area (TPSA) is 38.3 Å². The fourth-order valence-corrected chi connectivity index (χ4v) is 1.90. The van der Waals surface area contributed by atoms with Crippen LogP contribution in [0.3, 0.4) is 0 Å². The SMILES string of the molecule is CCOC(=O)C(CC)Nc1cc(Br)ccc1Cl. The van der Waals surface area contributed by atoms with E-state index in [2.05, 4.69) is 21.2 Å². The van der Waals surface area contributed by atoms with Gasteiger partial charge in [0.25, 0.3) is 0 Å². The third-order valence-corrected chi connectivity index (χ3v) is 3.06. The van der Waals surface area contributed by atoms with Crippen LogP contribution in [0.4, 0.5) is 5.69 Å². The number of esters is 1. The second-order valence-electron chi connectivity index (χ2n) is 3.48. The van der Waals surface area contributed by atoms with Crippen molar-refractivity contribution in [1.29, 1.82) is 0 Å². The largest absolute Gasteiger partial charge is 0.464 e. The van der Waals surface area contributed by atoms with Crippen LogP contribution in [-0.2, 0) is 9.53 Å². The first-order valence-corrected chi connectivity index (χ1v) is 6.63. The first kappa shape index (κ1) is 14.3. The average molecular weight is 321 g/mol. The molecule has 94 valence electrons. The zero-order valence-corrected chi connectivity index (χ0v) is 12.1. The number of carbonyl (C=O) groups is 1. The van der Waals surface area contributed by atoms with E-state index in [9.17, 15) is 4.79 Å². The molecule has 0 saturated heterocycles. The van der Waals surface area contributed by atoms with Crippen molar-refractivity contribution in [3.8, 4) is 0 Å². The molecule has 0 aliphatic heterocycles. The van der Waals surface area contributed by atoms with Gasteiger partial charge in [0.1, 0.15) is 6.04 Å². The molecule has 5 heteroatoms. The number of halogens is 2. The Morgan fingerprint density at radius 2 is 2.24 bits per heavy atom. The van der Waals surface area contributed by atoms with E-state index in [1.54, 1.807) is 13.0 Å². The van der Waals surface area contributed by atoms with Gasteiger partial charge in [0.05, 0.1) is 17.3 Å². The van der Waals surface area contributed by atoms with Gasteiger partial charge in [0.2, 0.25) is 0 Å². The number of anilines is 1. The van der Waals surface area contributed by atoms with Crippen molar-refractivity contribution < 1.29 is 9.53 Å². The molecule has 0 saturated carbocycles. The minimum atomic E-state index is -0.373. The molecule has 1 rings (SSSR count). The van der Waals surface area contributed by atoms with Crippen molar-refractivity contribution in [3.05, 3.63) is 27.7 Å². The Morgan fingerprint density at radius 3 is 2.82 bits per heavy atom. The minimum Gasteiger partial charge on any atom is -0.464 e. The Morgan fingerprint density at radius 1 is 1.53 bits per heavy atom. The van der Waals surface area contributed by atoms with E-state index in [1.807, 2.05) is 19.1 Å². The summed E-state index contributed by atoms with van der Waals surface area (Å²) in [5, 5.41) is 3.67. The molecule has 1 aromatic carbocycles. The van der Waals surface area contributed by atoms with Gasteiger partial charge in [-0.3, -0.25) is 0 Å². The second kappa shape index (κ2) is 6.87. The average Bonchev–Trinajstić information content (AvgIpc) is 2.30. The molecule has 0 heterocycles. The summed E-state index contributed by atoms with van der Waals surface area (Å²) in [6, 6.07) is 5.08. The van der Waals surface area contributed by atoms with E-state index in [-0.39, 0.29) is 12.0 Å². The van der Waals surface area contributed by atoms with E-state index >= 15 is 0 Å². The summed E-state index contributed by atoms with van der Waals surface area (Å²) in [6.45, 7) is 4.08. The van der Waals surface area contributed by atoms with E-state index in [0.29, 0.717) is 18.1 Å². The predicted molar refractivity (Wildman–Crippen MR) is 73.5 cm³/mol. The van der Waals surface area contributed by atoms with Gasteiger partial charge in [-0.25, -0.2) is 4.79 Å². The van der Waals surface area contributed by atoms with Crippen LogP contribution >= 0.6 is 27.5 Å². The zero-order valence-electron chi connectivity index (χ0n) is 9.80. The van der Waals surface area contributed by atoms with E-state index in [4.69, 9.17) is 16.3 Å². The molecular formula is C12H15BrClNO2. The highest BCUT2D eigenvalue weighted by atomic mass is 79.9. The highest BCUT2D eigenvalue weighted by Crippen LogP contribution is 2.26. The molecule has 0 aliphatic carbocycles. The van der Waals surface area contributed by atoms with Gasteiger partial charge in [0.15, 0.2) is 0 Å². The molecule has 17 heavy (non-hydrogen) atoms. The van der Waals surface area contributed by atoms with Crippen molar-refractivity contribution >= 4 is 39.2 Å². The molecule has 3 nitrogen and oxygen atoms in total. The Balaban J connectivity index is 2.80. The Labute approximate surface area is 115 Å². The van der Waals surface area contributed by atoms with E-state index < -0.39 is 0 Å². The number of nitrogens with one attached hydrogen (secondary N) is 1. The monoisotopic (exact) mass is 319 g/mol. The van der Waals surface area contributed by atoms with Crippen LogP contribution in [0.1, 0.15) is 20.3 Å². The molecule has 1 unspecified atom stereocenters. The minimum absolute atomic E-state index is 0.258. The van der Waals surface area contributed by atoms with E-state index in [1.165, 1.54) is 0 Å². The molecule has 0 spiro atoms. The van der Waals surface area contributed by atoms with Gasteiger partial charge in [-0.15, -0.1) is 0 Å². The first-order valence-electron chi connectivity index (χ1n) is 5.46. The number of ether oxygens (including phenoxy) is 1. The number of carbonyl (C=O) groups excluding carboxylic acids is 1. The lowest BCUT2D eigenvalue weighted by Crippen LogP contribution is -2.30. The highest BCUT2D eigenvalue weighted by molar-refractivity contribution is 9.10. The number of hydrogen-bond donors (Lipinski definition) is 1. The fraction of sp³-hybridized carbons (Fsp3) is 0.417. The van der Waals surface area contributed by atoms with Crippen molar-refractivity contribution in [2.45, 2.75) is 26.3 Å². The van der Waals surface area contributed by atoms with Crippen LogP contribution < -0.4 is 5.32 Å². The van der Waals surface area contributed by atoms with Crippen LogP contribution in [0.15, 0.2) is 22.7 Å². The molecule has 0 aromatic heterocycles. The van der Waals surface area contributed by atoms with Gasteiger partial charge in [-0.2, -0.15) is 0 Å².